The van der Waals surface area contributed by atoms with Gasteiger partial charge in [0.15, 0.2) is 0 Å². The molecular formula is C30H24N2O3S. The molecular weight excluding hydrogens is 468 g/mol. The minimum atomic E-state index is -0.498. The van der Waals surface area contributed by atoms with Crippen molar-refractivity contribution in [3.63, 3.8) is 0 Å². The number of esters is 1. The van der Waals surface area contributed by atoms with Gasteiger partial charge in [-0.1, -0.05) is 77.9 Å². The van der Waals surface area contributed by atoms with Crippen molar-refractivity contribution in [2.45, 2.75) is 13.8 Å². The van der Waals surface area contributed by atoms with E-state index in [1.165, 1.54) is 18.4 Å². The van der Waals surface area contributed by atoms with Gasteiger partial charge >= 0.3 is 5.97 Å². The second-order valence-corrected chi connectivity index (χ2v) is 9.48. The zero-order valence-electron chi connectivity index (χ0n) is 20.2. The first-order valence-corrected chi connectivity index (χ1v) is 12.4. The molecule has 0 aliphatic rings. The number of nitrogens with zero attached hydrogens (tertiary/aromatic N) is 1. The van der Waals surface area contributed by atoms with Gasteiger partial charge in [0.05, 0.1) is 23.9 Å². The fraction of sp³-hybridized carbons (Fsp3) is 0.100. The lowest BCUT2D eigenvalue weighted by Crippen LogP contribution is -2.15. The van der Waals surface area contributed by atoms with E-state index < -0.39 is 5.97 Å². The van der Waals surface area contributed by atoms with Crippen LogP contribution in [0.4, 0.5) is 5.00 Å². The van der Waals surface area contributed by atoms with Crippen molar-refractivity contribution in [1.82, 2.24) is 4.98 Å². The predicted octanol–water partition coefficient (Wildman–Crippen LogP) is 7.29. The largest absolute Gasteiger partial charge is 0.465 e. The molecule has 178 valence electrons. The van der Waals surface area contributed by atoms with E-state index in [4.69, 9.17) is 9.72 Å². The smallest absolute Gasteiger partial charge is 0.341 e. The van der Waals surface area contributed by atoms with Gasteiger partial charge in [-0.05, 0) is 31.5 Å². The predicted molar refractivity (Wildman–Crippen MR) is 146 cm³/mol. The van der Waals surface area contributed by atoms with Gasteiger partial charge in [-0.3, -0.25) is 4.79 Å². The number of nitrogens with one attached hydrogen (secondary N) is 1. The number of methoxy groups -OCH3 is 1. The first-order chi connectivity index (χ1) is 17.4. The Morgan fingerprint density at radius 1 is 0.861 bits per heavy atom. The highest BCUT2D eigenvalue weighted by Crippen LogP contribution is 2.37. The van der Waals surface area contributed by atoms with Crippen LogP contribution in [0.2, 0.25) is 0 Å². The summed E-state index contributed by atoms with van der Waals surface area (Å²) in [7, 11) is 1.34. The van der Waals surface area contributed by atoms with Crippen LogP contribution in [0.3, 0.4) is 0 Å². The topological polar surface area (TPSA) is 68.3 Å². The average Bonchev–Trinajstić information content (AvgIpc) is 3.31. The second kappa shape index (κ2) is 9.76. The summed E-state index contributed by atoms with van der Waals surface area (Å²) < 4.78 is 5.07. The van der Waals surface area contributed by atoms with Crippen LogP contribution in [0.25, 0.3) is 33.3 Å². The van der Waals surface area contributed by atoms with Gasteiger partial charge in [-0.15, -0.1) is 11.3 Å². The summed E-state index contributed by atoms with van der Waals surface area (Å²) >= 11 is 1.30. The van der Waals surface area contributed by atoms with Gasteiger partial charge in [-0.2, -0.15) is 0 Å². The Balaban J connectivity index is 1.57. The number of aryl methyl sites for hydroxylation is 2. The molecule has 5 nitrogen and oxygen atoms in total. The Bertz CT molecular complexity index is 1590. The van der Waals surface area contributed by atoms with E-state index in [0.717, 1.165) is 38.7 Å². The number of hydrogen-bond donors (Lipinski definition) is 1. The van der Waals surface area contributed by atoms with Gasteiger partial charge in [0.25, 0.3) is 5.91 Å². The number of hydrogen-bond acceptors (Lipinski definition) is 5. The van der Waals surface area contributed by atoms with Crippen LogP contribution in [-0.4, -0.2) is 24.0 Å². The Labute approximate surface area is 213 Å². The Morgan fingerprint density at radius 3 is 2.17 bits per heavy atom. The number of anilines is 1. The number of rotatable bonds is 5. The van der Waals surface area contributed by atoms with Crippen molar-refractivity contribution in [1.29, 1.82) is 0 Å². The van der Waals surface area contributed by atoms with E-state index in [1.54, 1.807) is 6.07 Å². The summed E-state index contributed by atoms with van der Waals surface area (Å²) in [6, 6.07) is 25.3. The zero-order valence-corrected chi connectivity index (χ0v) is 21.0. The molecule has 0 radical (unpaired) electrons. The Hall–Kier alpha value is -4.29. The second-order valence-electron chi connectivity index (χ2n) is 8.60. The summed E-state index contributed by atoms with van der Waals surface area (Å²) in [5.41, 5.74) is 7.06. The quantitative estimate of drug-likeness (QED) is 0.262. The molecule has 2 aromatic heterocycles. The van der Waals surface area contributed by atoms with Crippen LogP contribution >= 0.6 is 11.3 Å². The molecule has 1 N–H and O–H groups in total. The van der Waals surface area contributed by atoms with Crippen molar-refractivity contribution >= 4 is 39.1 Å². The first-order valence-electron chi connectivity index (χ1n) is 11.5. The van der Waals surface area contributed by atoms with Gasteiger partial charge < -0.3 is 10.1 Å². The molecule has 3 aromatic carbocycles. The number of benzene rings is 3. The number of pyridine rings is 1. The van der Waals surface area contributed by atoms with E-state index in [0.29, 0.717) is 21.8 Å². The van der Waals surface area contributed by atoms with Crippen molar-refractivity contribution in [2.75, 3.05) is 12.4 Å². The molecule has 0 saturated heterocycles. The molecule has 0 atom stereocenters. The molecule has 0 aliphatic carbocycles. The summed E-state index contributed by atoms with van der Waals surface area (Å²) in [5, 5.41) is 6.03. The fourth-order valence-corrected chi connectivity index (χ4v) is 5.06. The fourth-order valence-electron chi connectivity index (χ4n) is 4.11. The van der Waals surface area contributed by atoms with Crippen LogP contribution < -0.4 is 5.32 Å². The molecule has 1 amide bonds. The average molecular weight is 493 g/mol. The minimum absolute atomic E-state index is 0.315. The van der Waals surface area contributed by atoms with E-state index in [9.17, 15) is 9.59 Å². The number of aromatic nitrogens is 1. The summed E-state index contributed by atoms with van der Waals surface area (Å²) in [6.07, 6.45) is 0. The lowest BCUT2D eigenvalue weighted by molar-refractivity contribution is 0.0603. The highest BCUT2D eigenvalue weighted by atomic mass is 32.1. The Kier molecular flexibility index (Phi) is 6.36. The molecule has 0 unspecified atom stereocenters. The van der Waals surface area contributed by atoms with Crippen LogP contribution in [0.15, 0.2) is 84.2 Å². The third-order valence-electron chi connectivity index (χ3n) is 6.08. The maximum Gasteiger partial charge on any atom is 0.341 e. The molecule has 6 heteroatoms. The maximum absolute atomic E-state index is 13.6. The number of amides is 1. The van der Waals surface area contributed by atoms with Gasteiger partial charge in [-0.25, -0.2) is 9.78 Å². The highest BCUT2D eigenvalue weighted by molar-refractivity contribution is 7.15. The molecule has 0 bridgehead atoms. The van der Waals surface area contributed by atoms with Gasteiger partial charge in [0.1, 0.15) is 10.6 Å². The number of carbonyl (C=O) groups is 2. The summed E-state index contributed by atoms with van der Waals surface area (Å²) in [6.45, 7) is 4.04. The van der Waals surface area contributed by atoms with E-state index >= 15 is 0 Å². The van der Waals surface area contributed by atoms with E-state index in [-0.39, 0.29) is 5.91 Å². The van der Waals surface area contributed by atoms with E-state index in [1.807, 2.05) is 92.0 Å². The van der Waals surface area contributed by atoms with Crippen molar-refractivity contribution < 1.29 is 14.3 Å². The molecule has 2 heterocycles. The maximum atomic E-state index is 13.6. The third kappa shape index (κ3) is 4.51. The highest BCUT2D eigenvalue weighted by Gasteiger charge is 2.23. The van der Waals surface area contributed by atoms with Crippen molar-refractivity contribution in [2.24, 2.45) is 0 Å². The van der Waals surface area contributed by atoms with E-state index in [2.05, 4.69) is 5.32 Å². The molecule has 5 aromatic rings. The summed E-state index contributed by atoms with van der Waals surface area (Å²) in [5.74, 6) is -0.813. The van der Waals surface area contributed by atoms with Crippen LogP contribution in [0.1, 0.15) is 31.8 Å². The van der Waals surface area contributed by atoms with Gasteiger partial charge in [0, 0.05) is 21.9 Å². The third-order valence-corrected chi connectivity index (χ3v) is 6.97. The van der Waals surface area contributed by atoms with Gasteiger partial charge in [0.2, 0.25) is 0 Å². The molecule has 5 rings (SSSR count). The molecule has 0 spiro atoms. The number of ether oxygens (including phenoxy) is 1. The van der Waals surface area contributed by atoms with Crippen LogP contribution in [-0.2, 0) is 4.74 Å². The summed E-state index contributed by atoms with van der Waals surface area (Å²) in [4.78, 5) is 31.2. The SMILES string of the molecule is COC(=O)c1c(-c2ccc(C)cc2)csc1NC(=O)c1cc(-c2ccc(C)cc2)nc2ccccc12. The number of para-hydroxylation sites is 1. The minimum Gasteiger partial charge on any atom is -0.465 e. The normalized spacial score (nSPS) is 10.9. The van der Waals surface area contributed by atoms with Crippen molar-refractivity contribution in [3.8, 4) is 22.4 Å². The number of thiophene rings is 1. The lowest BCUT2D eigenvalue weighted by Gasteiger charge is -2.11. The number of fused-ring (bicyclic) bond motifs is 1. The van der Waals surface area contributed by atoms with Crippen LogP contribution in [0, 0.1) is 13.8 Å². The number of carbonyl (C=O) groups excluding carboxylic acids is 2. The molecule has 0 fully saturated rings. The molecule has 0 aliphatic heterocycles. The molecule has 36 heavy (non-hydrogen) atoms. The van der Waals surface area contributed by atoms with Crippen LogP contribution in [0.5, 0.6) is 0 Å². The lowest BCUT2D eigenvalue weighted by atomic mass is 10.0. The Morgan fingerprint density at radius 2 is 1.50 bits per heavy atom. The monoisotopic (exact) mass is 492 g/mol. The molecule has 0 saturated carbocycles. The standard InChI is InChI=1S/C30H24N2O3S/c1-18-8-12-20(13-9-18)24-17-36-29(27(24)30(34)35-3)32-28(33)23-16-26(21-14-10-19(2)11-15-21)31-25-7-5-4-6-22(23)25/h4-17H,1-3H3,(H,32,33). The first kappa shape index (κ1) is 23.5. The zero-order chi connectivity index (χ0) is 25.2. The van der Waals surface area contributed by atoms with Crippen molar-refractivity contribution in [3.05, 3.63) is 106 Å².